The summed E-state index contributed by atoms with van der Waals surface area (Å²) in [6, 6.07) is 0. The van der Waals surface area contributed by atoms with E-state index in [1.165, 1.54) is 276 Å². The Morgan fingerprint density at radius 2 is 0.468 bits per heavy atom. The van der Waals surface area contributed by atoms with Crippen molar-refractivity contribution in [3.63, 3.8) is 0 Å². The Labute approximate surface area is 480 Å². The predicted molar refractivity (Wildman–Crippen MR) is 335 cm³/mol. The van der Waals surface area contributed by atoms with Crippen molar-refractivity contribution in [1.29, 1.82) is 0 Å². The van der Waals surface area contributed by atoms with Gasteiger partial charge in [-0.1, -0.05) is 320 Å². The molecule has 77 heavy (non-hydrogen) atoms. The van der Waals surface area contributed by atoms with Gasteiger partial charge < -0.3 is 14.2 Å². The summed E-state index contributed by atoms with van der Waals surface area (Å²) in [5.74, 6) is -0.844. The van der Waals surface area contributed by atoms with Crippen LogP contribution in [0.5, 0.6) is 0 Å². The van der Waals surface area contributed by atoms with Crippen LogP contribution < -0.4 is 0 Å². The lowest BCUT2D eigenvalue weighted by Crippen LogP contribution is -2.30. The number of esters is 3. The van der Waals surface area contributed by atoms with Crippen molar-refractivity contribution < 1.29 is 28.6 Å². The molecule has 0 fully saturated rings. The second-order valence-electron chi connectivity index (χ2n) is 23.4. The Bertz CT molecular complexity index is 1290. The molecule has 0 heterocycles. The van der Waals surface area contributed by atoms with E-state index in [9.17, 15) is 14.4 Å². The molecule has 6 nitrogen and oxygen atoms in total. The topological polar surface area (TPSA) is 78.9 Å². The largest absolute Gasteiger partial charge is 0.462 e. The third kappa shape index (κ3) is 64.3. The highest BCUT2D eigenvalue weighted by Crippen LogP contribution is 2.18. The Morgan fingerprint density at radius 3 is 0.727 bits per heavy atom. The molecule has 0 saturated heterocycles. The minimum atomic E-state index is -0.771. The molecule has 0 aliphatic carbocycles. The summed E-state index contributed by atoms with van der Waals surface area (Å²) in [6.45, 7) is 6.69. The molecule has 0 amide bonds. The van der Waals surface area contributed by atoms with Crippen LogP contribution in [0.15, 0.2) is 36.5 Å². The Morgan fingerprint density at radius 1 is 0.260 bits per heavy atom. The van der Waals surface area contributed by atoms with E-state index in [-0.39, 0.29) is 31.1 Å². The van der Waals surface area contributed by atoms with Crippen LogP contribution in [0.3, 0.4) is 0 Å². The van der Waals surface area contributed by atoms with Crippen LogP contribution in [0.25, 0.3) is 0 Å². The average Bonchev–Trinajstić information content (AvgIpc) is 3.43. The average molecular weight is 1080 g/mol. The first kappa shape index (κ1) is 74.6. The number of carbonyl (C=O) groups is 3. The maximum Gasteiger partial charge on any atom is 0.306 e. The molecule has 0 N–H and O–H groups in total. The SMILES string of the molecule is CCCCCCC/C=C\C/C=C\CCCCCCCCCCCCCC(=O)OCC(COC(=O)CCCCCCCCCCCCCCC)OC(=O)CCCCCCCCCCCCC/C=C\CCCCCCCCCC. The van der Waals surface area contributed by atoms with Gasteiger partial charge in [-0.3, -0.25) is 14.4 Å². The normalized spacial score (nSPS) is 12.2. The molecule has 0 aliphatic rings. The molecule has 6 heteroatoms. The van der Waals surface area contributed by atoms with Crippen molar-refractivity contribution in [3.8, 4) is 0 Å². The minimum Gasteiger partial charge on any atom is -0.462 e. The highest BCUT2D eigenvalue weighted by Gasteiger charge is 2.19. The van der Waals surface area contributed by atoms with Crippen molar-refractivity contribution in [1.82, 2.24) is 0 Å². The second-order valence-corrected chi connectivity index (χ2v) is 23.4. The first-order valence-corrected chi connectivity index (χ1v) is 34.5. The summed E-state index contributed by atoms with van der Waals surface area (Å²) in [5.41, 5.74) is 0. The molecule has 0 spiro atoms. The van der Waals surface area contributed by atoms with Crippen LogP contribution >= 0.6 is 0 Å². The zero-order chi connectivity index (χ0) is 55.7. The number of ether oxygens (including phenoxy) is 3. The first-order chi connectivity index (χ1) is 38.0. The Kier molecular flexibility index (Phi) is 64.1. The number of hydrogen-bond acceptors (Lipinski definition) is 6. The summed E-state index contributed by atoms with van der Waals surface area (Å²) in [5, 5.41) is 0. The van der Waals surface area contributed by atoms with Gasteiger partial charge >= 0.3 is 17.9 Å². The van der Waals surface area contributed by atoms with Crippen molar-refractivity contribution in [2.45, 2.75) is 386 Å². The molecule has 0 aromatic carbocycles. The summed E-state index contributed by atoms with van der Waals surface area (Å²) in [6.07, 6.45) is 81.6. The first-order valence-electron chi connectivity index (χ1n) is 34.5. The quantitative estimate of drug-likeness (QED) is 0.0261. The summed E-state index contributed by atoms with van der Waals surface area (Å²) < 4.78 is 17.0. The zero-order valence-electron chi connectivity index (χ0n) is 52.0. The van der Waals surface area contributed by atoms with Crippen molar-refractivity contribution >= 4 is 17.9 Å². The monoisotopic (exact) mass is 1080 g/mol. The molecule has 0 bridgehead atoms. The summed E-state index contributed by atoms with van der Waals surface area (Å²) >= 11 is 0. The molecular weight excluding hydrogens is 949 g/mol. The standard InChI is InChI=1S/C71H132O6/c1-4-7-10-13-16-19-22-25-27-29-31-33-35-37-39-41-43-46-49-52-55-58-61-64-70(73)76-67-68(66-75-69(72)63-60-57-54-51-48-45-24-21-18-15-12-9-6-3)77-71(74)65-62-59-56-53-50-47-44-42-40-38-36-34-32-30-28-26-23-20-17-14-11-8-5-2/h22,25,29-32,68H,4-21,23-24,26-28,33-67H2,1-3H3/b25-22-,31-29-,32-30-. The van der Waals surface area contributed by atoms with Gasteiger partial charge in [-0.2, -0.15) is 0 Å². The van der Waals surface area contributed by atoms with Crippen LogP contribution in [-0.4, -0.2) is 37.2 Å². The Balaban J connectivity index is 4.26. The number of unbranched alkanes of at least 4 members (excludes halogenated alkanes) is 47. The highest BCUT2D eigenvalue weighted by atomic mass is 16.6. The summed E-state index contributed by atoms with van der Waals surface area (Å²) in [7, 11) is 0. The molecule has 0 saturated carbocycles. The second kappa shape index (κ2) is 66.1. The van der Waals surface area contributed by atoms with Gasteiger partial charge in [0.2, 0.25) is 0 Å². The molecule has 0 radical (unpaired) electrons. The van der Waals surface area contributed by atoms with Crippen LogP contribution in [0.4, 0.5) is 0 Å². The van der Waals surface area contributed by atoms with Gasteiger partial charge in [0.05, 0.1) is 0 Å². The fraction of sp³-hybridized carbons (Fsp3) is 0.873. The van der Waals surface area contributed by atoms with Crippen LogP contribution in [0, 0.1) is 0 Å². The molecular formula is C71H132O6. The van der Waals surface area contributed by atoms with E-state index >= 15 is 0 Å². The smallest absolute Gasteiger partial charge is 0.306 e. The summed E-state index contributed by atoms with van der Waals surface area (Å²) in [4.78, 5) is 38.4. The minimum absolute atomic E-state index is 0.0679. The van der Waals surface area contributed by atoms with Crippen LogP contribution in [0.1, 0.15) is 380 Å². The van der Waals surface area contributed by atoms with E-state index in [2.05, 4.69) is 57.2 Å². The lowest BCUT2D eigenvalue weighted by molar-refractivity contribution is -0.167. The zero-order valence-corrected chi connectivity index (χ0v) is 52.0. The fourth-order valence-electron chi connectivity index (χ4n) is 10.4. The van der Waals surface area contributed by atoms with Crippen molar-refractivity contribution in [2.24, 2.45) is 0 Å². The van der Waals surface area contributed by atoms with E-state index in [1.807, 2.05) is 0 Å². The van der Waals surface area contributed by atoms with E-state index in [1.54, 1.807) is 0 Å². The van der Waals surface area contributed by atoms with Crippen molar-refractivity contribution in [2.75, 3.05) is 13.2 Å². The number of allylic oxidation sites excluding steroid dienone is 6. The predicted octanol–water partition coefficient (Wildman–Crippen LogP) is 23.6. The lowest BCUT2D eigenvalue weighted by Gasteiger charge is -2.18. The maximum atomic E-state index is 12.9. The number of carbonyl (C=O) groups excluding carboxylic acids is 3. The van der Waals surface area contributed by atoms with E-state index in [0.717, 1.165) is 64.2 Å². The van der Waals surface area contributed by atoms with Gasteiger partial charge in [-0.15, -0.1) is 0 Å². The number of rotatable bonds is 64. The van der Waals surface area contributed by atoms with Gasteiger partial charge in [0, 0.05) is 19.3 Å². The van der Waals surface area contributed by atoms with Gasteiger partial charge in [0.15, 0.2) is 6.10 Å². The van der Waals surface area contributed by atoms with E-state index in [0.29, 0.717) is 19.3 Å². The molecule has 1 atom stereocenters. The molecule has 0 aromatic rings. The van der Waals surface area contributed by atoms with Crippen LogP contribution in [0.2, 0.25) is 0 Å². The van der Waals surface area contributed by atoms with Crippen LogP contribution in [-0.2, 0) is 28.6 Å². The maximum absolute atomic E-state index is 12.9. The van der Waals surface area contributed by atoms with Gasteiger partial charge in [-0.25, -0.2) is 0 Å². The van der Waals surface area contributed by atoms with Gasteiger partial charge in [0.25, 0.3) is 0 Å². The van der Waals surface area contributed by atoms with Crippen molar-refractivity contribution in [3.05, 3.63) is 36.5 Å². The Hall–Kier alpha value is -2.37. The van der Waals surface area contributed by atoms with Gasteiger partial charge in [-0.05, 0) is 77.0 Å². The third-order valence-electron chi connectivity index (χ3n) is 15.6. The molecule has 0 rings (SSSR count). The number of hydrogen-bond donors (Lipinski definition) is 0. The molecule has 452 valence electrons. The van der Waals surface area contributed by atoms with E-state index in [4.69, 9.17) is 14.2 Å². The lowest BCUT2D eigenvalue weighted by atomic mass is 10.0. The molecule has 0 aromatic heterocycles. The molecule has 0 aliphatic heterocycles. The van der Waals surface area contributed by atoms with E-state index < -0.39 is 6.10 Å². The third-order valence-corrected chi connectivity index (χ3v) is 15.6. The highest BCUT2D eigenvalue weighted by molar-refractivity contribution is 5.71. The fourth-order valence-corrected chi connectivity index (χ4v) is 10.4. The van der Waals surface area contributed by atoms with Gasteiger partial charge in [0.1, 0.15) is 13.2 Å². The molecule has 1 unspecified atom stereocenters.